The average Bonchev–Trinajstić information content (AvgIpc) is 2.88. The average molecular weight is 315 g/mol. The van der Waals surface area contributed by atoms with Crippen LogP contribution >= 0.6 is 0 Å². The minimum Gasteiger partial charge on any atom is -0.493 e. The highest BCUT2D eigenvalue weighted by Crippen LogP contribution is 2.33. The molecule has 2 aromatic rings. The SMILES string of the molecule is COc1c(CN[C@H]2CCOc3ccccc32)c(C(C)C)nn1C. The molecule has 0 spiro atoms. The largest absolute Gasteiger partial charge is 0.493 e. The molecule has 1 N–H and O–H groups in total. The van der Waals surface area contributed by atoms with Crippen molar-refractivity contribution in [2.75, 3.05) is 13.7 Å². The summed E-state index contributed by atoms with van der Waals surface area (Å²) in [6, 6.07) is 8.54. The van der Waals surface area contributed by atoms with Gasteiger partial charge in [-0.05, 0) is 12.0 Å². The number of hydrogen-bond donors (Lipinski definition) is 1. The van der Waals surface area contributed by atoms with Gasteiger partial charge in [0.25, 0.3) is 0 Å². The van der Waals surface area contributed by atoms with E-state index in [-0.39, 0.29) is 0 Å². The molecule has 1 aliphatic heterocycles. The molecule has 1 atom stereocenters. The molecular weight excluding hydrogens is 290 g/mol. The molecule has 0 saturated heterocycles. The molecule has 0 bridgehead atoms. The maximum absolute atomic E-state index is 5.74. The third-order valence-corrected chi connectivity index (χ3v) is 4.34. The van der Waals surface area contributed by atoms with E-state index in [1.165, 1.54) is 5.56 Å². The smallest absolute Gasteiger partial charge is 0.216 e. The van der Waals surface area contributed by atoms with E-state index in [1.807, 2.05) is 23.9 Å². The Hall–Kier alpha value is -2.01. The molecule has 1 aliphatic rings. The molecule has 23 heavy (non-hydrogen) atoms. The van der Waals surface area contributed by atoms with Crippen LogP contribution in [0.25, 0.3) is 0 Å². The van der Waals surface area contributed by atoms with E-state index in [9.17, 15) is 0 Å². The molecule has 2 heterocycles. The van der Waals surface area contributed by atoms with E-state index in [0.717, 1.165) is 42.5 Å². The highest BCUT2D eigenvalue weighted by molar-refractivity contribution is 5.38. The van der Waals surface area contributed by atoms with E-state index < -0.39 is 0 Å². The van der Waals surface area contributed by atoms with E-state index in [2.05, 4.69) is 36.4 Å². The first-order valence-electron chi connectivity index (χ1n) is 8.16. The van der Waals surface area contributed by atoms with Gasteiger partial charge in [0.15, 0.2) is 0 Å². The van der Waals surface area contributed by atoms with Crippen LogP contribution in [0.2, 0.25) is 0 Å². The predicted molar refractivity (Wildman–Crippen MR) is 90.0 cm³/mol. The summed E-state index contributed by atoms with van der Waals surface area (Å²) in [5.41, 5.74) is 3.47. The Balaban J connectivity index is 1.82. The van der Waals surface area contributed by atoms with Crippen LogP contribution < -0.4 is 14.8 Å². The van der Waals surface area contributed by atoms with Crippen LogP contribution in [-0.4, -0.2) is 23.5 Å². The minimum absolute atomic E-state index is 0.296. The summed E-state index contributed by atoms with van der Waals surface area (Å²) in [7, 11) is 3.63. The Labute approximate surface area is 137 Å². The van der Waals surface area contributed by atoms with Crippen LogP contribution in [0.1, 0.15) is 49.0 Å². The van der Waals surface area contributed by atoms with Crippen molar-refractivity contribution < 1.29 is 9.47 Å². The zero-order chi connectivity index (χ0) is 16.4. The number of nitrogens with one attached hydrogen (secondary N) is 1. The summed E-state index contributed by atoms with van der Waals surface area (Å²) in [6.45, 7) is 5.81. The van der Waals surface area contributed by atoms with Crippen molar-refractivity contribution in [1.29, 1.82) is 0 Å². The molecule has 124 valence electrons. The van der Waals surface area contributed by atoms with E-state index >= 15 is 0 Å². The fraction of sp³-hybridized carbons (Fsp3) is 0.500. The molecular formula is C18H25N3O2. The van der Waals surface area contributed by atoms with Gasteiger partial charge in [-0.1, -0.05) is 32.0 Å². The normalized spacial score (nSPS) is 17.0. The summed E-state index contributed by atoms with van der Waals surface area (Å²) >= 11 is 0. The Morgan fingerprint density at radius 3 is 2.91 bits per heavy atom. The number of nitrogens with zero attached hydrogens (tertiary/aromatic N) is 2. The van der Waals surface area contributed by atoms with Gasteiger partial charge in [-0.2, -0.15) is 5.10 Å². The zero-order valence-electron chi connectivity index (χ0n) is 14.3. The van der Waals surface area contributed by atoms with Crippen LogP contribution in [0.3, 0.4) is 0 Å². The first-order valence-corrected chi connectivity index (χ1v) is 8.16. The number of aromatic nitrogens is 2. The second-order valence-electron chi connectivity index (χ2n) is 6.26. The maximum atomic E-state index is 5.74. The summed E-state index contributed by atoms with van der Waals surface area (Å²) in [5, 5.41) is 8.28. The number of benzene rings is 1. The van der Waals surface area contributed by atoms with Gasteiger partial charge in [-0.15, -0.1) is 0 Å². The molecule has 0 unspecified atom stereocenters. The third kappa shape index (κ3) is 3.06. The van der Waals surface area contributed by atoms with Gasteiger partial charge in [0.2, 0.25) is 5.88 Å². The summed E-state index contributed by atoms with van der Waals surface area (Å²) < 4.78 is 13.1. The van der Waals surface area contributed by atoms with Gasteiger partial charge in [0.1, 0.15) is 5.75 Å². The number of fused-ring (bicyclic) bond motifs is 1. The zero-order valence-corrected chi connectivity index (χ0v) is 14.3. The molecule has 5 heteroatoms. The highest BCUT2D eigenvalue weighted by atomic mass is 16.5. The summed E-state index contributed by atoms with van der Waals surface area (Å²) in [5.74, 6) is 2.18. The lowest BCUT2D eigenvalue weighted by atomic mass is 9.99. The van der Waals surface area contributed by atoms with Gasteiger partial charge < -0.3 is 14.8 Å². The van der Waals surface area contributed by atoms with Crippen LogP contribution in [0.4, 0.5) is 0 Å². The molecule has 0 amide bonds. The molecule has 5 nitrogen and oxygen atoms in total. The first-order chi connectivity index (χ1) is 11.1. The van der Waals surface area contributed by atoms with Crippen LogP contribution in [-0.2, 0) is 13.6 Å². The standard InChI is InChI=1S/C18H25N3O2/c1-12(2)17-14(18(22-4)21(3)20-17)11-19-15-9-10-23-16-8-6-5-7-13(15)16/h5-8,12,15,19H,9-11H2,1-4H3/t15-/m0/s1. The van der Waals surface area contributed by atoms with Crippen molar-refractivity contribution >= 4 is 0 Å². The molecule has 1 aromatic heterocycles. The number of ether oxygens (including phenoxy) is 2. The number of hydrogen-bond acceptors (Lipinski definition) is 4. The van der Waals surface area contributed by atoms with Gasteiger partial charge >= 0.3 is 0 Å². The van der Waals surface area contributed by atoms with Crippen molar-refractivity contribution in [3.8, 4) is 11.6 Å². The Bertz CT molecular complexity index is 679. The van der Waals surface area contributed by atoms with Gasteiger partial charge in [0.05, 0.1) is 25.0 Å². The lowest BCUT2D eigenvalue weighted by Crippen LogP contribution is -2.27. The van der Waals surface area contributed by atoms with E-state index in [1.54, 1.807) is 7.11 Å². The number of rotatable bonds is 5. The van der Waals surface area contributed by atoms with Crippen LogP contribution in [0.5, 0.6) is 11.6 Å². The van der Waals surface area contributed by atoms with Crippen LogP contribution in [0.15, 0.2) is 24.3 Å². The highest BCUT2D eigenvalue weighted by Gasteiger charge is 2.23. The van der Waals surface area contributed by atoms with E-state index in [0.29, 0.717) is 12.0 Å². The van der Waals surface area contributed by atoms with Gasteiger partial charge in [0, 0.05) is 31.6 Å². The van der Waals surface area contributed by atoms with Crippen LogP contribution in [0, 0.1) is 0 Å². The number of para-hydroxylation sites is 1. The third-order valence-electron chi connectivity index (χ3n) is 4.34. The summed E-state index contributed by atoms with van der Waals surface area (Å²) in [6.07, 6.45) is 0.969. The fourth-order valence-electron chi connectivity index (χ4n) is 3.24. The lowest BCUT2D eigenvalue weighted by Gasteiger charge is -2.27. The molecule has 0 saturated carbocycles. The molecule has 0 fully saturated rings. The predicted octanol–water partition coefficient (Wildman–Crippen LogP) is 3.17. The Morgan fingerprint density at radius 1 is 1.39 bits per heavy atom. The molecule has 0 radical (unpaired) electrons. The van der Waals surface area contributed by atoms with Crippen molar-refractivity contribution in [2.24, 2.45) is 7.05 Å². The minimum atomic E-state index is 0.296. The van der Waals surface area contributed by atoms with Crippen molar-refractivity contribution in [2.45, 2.75) is 38.8 Å². The first kappa shape index (κ1) is 15.9. The second-order valence-corrected chi connectivity index (χ2v) is 6.26. The molecule has 1 aromatic carbocycles. The maximum Gasteiger partial charge on any atom is 0.216 e. The Morgan fingerprint density at radius 2 is 2.17 bits per heavy atom. The van der Waals surface area contributed by atoms with Gasteiger partial charge in [-0.25, -0.2) is 4.68 Å². The summed E-state index contributed by atoms with van der Waals surface area (Å²) in [4.78, 5) is 0. The molecule has 3 rings (SSSR count). The molecule has 0 aliphatic carbocycles. The topological polar surface area (TPSA) is 48.3 Å². The van der Waals surface area contributed by atoms with Crippen molar-refractivity contribution in [1.82, 2.24) is 15.1 Å². The quantitative estimate of drug-likeness (QED) is 0.921. The van der Waals surface area contributed by atoms with Crippen molar-refractivity contribution in [3.05, 3.63) is 41.1 Å². The van der Waals surface area contributed by atoms with Gasteiger partial charge in [-0.3, -0.25) is 0 Å². The second kappa shape index (κ2) is 6.62. The van der Waals surface area contributed by atoms with E-state index in [4.69, 9.17) is 9.47 Å². The Kier molecular flexibility index (Phi) is 4.57. The number of aryl methyl sites for hydroxylation is 1. The lowest BCUT2D eigenvalue weighted by molar-refractivity contribution is 0.251. The number of methoxy groups -OCH3 is 1. The monoisotopic (exact) mass is 315 g/mol. The van der Waals surface area contributed by atoms with Crippen molar-refractivity contribution in [3.63, 3.8) is 0 Å². The fourth-order valence-corrected chi connectivity index (χ4v) is 3.24.